The monoisotopic (exact) mass is 627 g/mol. The number of allylic oxidation sites excluding steroid dienone is 2. The quantitative estimate of drug-likeness (QED) is 0.0452. The Morgan fingerprint density at radius 2 is 0.932 bits per heavy atom. The molecule has 0 aromatic rings. The van der Waals surface area contributed by atoms with Crippen molar-refractivity contribution in [3.8, 4) is 0 Å². The van der Waals surface area contributed by atoms with Crippen LogP contribution in [-0.2, 0) is 19.1 Å². The Kier molecular flexibility index (Phi) is 38.4. The van der Waals surface area contributed by atoms with E-state index < -0.39 is 6.10 Å². The van der Waals surface area contributed by atoms with E-state index in [9.17, 15) is 9.59 Å². The standard InChI is InChI=1S/C21H40O4.C17H34O2/c1-2-3-4-5-6-7-8-9-10-11-12-13-14-15-16-17-21(24)25-19-20(23)18-22;1-4-5-6-7-8-9-10-11-12-13-14-15-17(18)19-16(2)3/h9-10,20,22-23H,2-8,11-19H2,1H3;16H,4-15H2,1-3H3/b10-9-;. The van der Waals surface area contributed by atoms with E-state index in [1.54, 1.807) is 0 Å². The minimum absolute atomic E-state index is 0.0280. The van der Waals surface area contributed by atoms with Crippen LogP contribution in [0.25, 0.3) is 0 Å². The summed E-state index contributed by atoms with van der Waals surface area (Å²) in [5.41, 5.74) is 0. The van der Waals surface area contributed by atoms with E-state index in [0.29, 0.717) is 12.8 Å². The van der Waals surface area contributed by atoms with E-state index in [1.165, 1.54) is 122 Å². The van der Waals surface area contributed by atoms with E-state index in [0.717, 1.165) is 32.1 Å². The zero-order valence-corrected chi connectivity index (χ0v) is 29.6. The van der Waals surface area contributed by atoms with Gasteiger partial charge in [0.15, 0.2) is 0 Å². The van der Waals surface area contributed by atoms with E-state index >= 15 is 0 Å². The molecule has 6 heteroatoms. The molecule has 0 saturated carbocycles. The third kappa shape index (κ3) is 40.6. The number of hydrogen-bond acceptors (Lipinski definition) is 6. The van der Waals surface area contributed by atoms with E-state index in [4.69, 9.17) is 19.7 Å². The summed E-state index contributed by atoms with van der Waals surface area (Å²) in [6, 6.07) is 0. The highest BCUT2D eigenvalue weighted by atomic mass is 16.5. The summed E-state index contributed by atoms with van der Waals surface area (Å²) in [5.74, 6) is -0.323. The molecule has 0 radical (unpaired) electrons. The predicted molar refractivity (Wildman–Crippen MR) is 186 cm³/mol. The summed E-state index contributed by atoms with van der Waals surface area (Å²) in [4.78, 5) is 22.7. The molecule has 0 fully saturated rings. The maximum atomic E-state index is 11.4. The molecule has 1 atom stereocenters. The molecule has 0 aromatic heterocycles. The summed E-state index contributed by atoms with van der Waals surface area (Å²) < 4.78 is 9.96. The number of aliphatic hydroxyl groups is 2. The minimum atomic E-state index is -0.960. The van der Waals surface area contributed by atoms with Gasteiger partial charge in [0.2, 0.25) is 0 Å². The first-order chi connectivity index (χ1) is 21.4. The molecule has 0 heterocycles. The van der Waals surface area contributed by atoms with Crippen LogP contribution in [0.4, 0.5) is 0 Å². The maximum Gasteiger partial charge on any atom is 0.306 e. The van der Waals surface area contributed by atoms with Gasteiger partial charge in [-0.1, -0.05) is 142 Å². The first-order valence-electron chi connectivity index (χ1n) is 18.7. The molecule has 2 N–H and O–H groups in total. The van der Waals surface area contributed by atoms with Crippen LogP contribution in [0.1, 0.15) is 195 Å². The van der Waals surface area contributed by atoms with Crippen LogP contribution in [-0.4, -0.2) is 47.6 Å². The first-order valence-corrected chi connectivity index (χ1v) is 18.7. The molecule has 0 amide bonds. The van der Waals surface area contributed by atoms with Crippen LogP contribution >= 0.6 is 0 Å². The lowest BCUT2D eigenvalue weighted by Gasteiger charge is -2.08. The Hall–Kier alpha value is -1.40. The zero-order valence-electron chi connectivity index (χ0n) is 29.6. The average Bonchev–Trinajstić information content (AvgIpc) is 3.00. The second-order valence-corrected chi connectivity index (χ2v) is 12.7. The minimum Gasteiger partial charge on any atom is -0.463 e. The van der Waals surface area contributed by atoms with Crippen molar-refractivity contribution >= 4 is 11.9 Å². The fourth-order valence-electron chi connectivity index (χ4n) is 4.91. The largest absolute Gasteiger partial charge is 0.463 e. The second-order valence-electron chi connectivity index (χ2n) is 12.7. The topological polar surface area (TPSA) is 93.1 Å². The maximum absolute atomic E-state index is 11.4. The Morgan fingerprint density at radius 3 is 1.32 bits per heavy atom. The Morgan fingerprint density at radius 1 is 0.568 bits per heavy atom. The lowest BCUT2D eigenvalue weighted by Crippen LogP contribution is -2.21. The normalized spacial score (nSPS) is 11.9. The SMILES string of the molecule is CCCCCCCC/C=C\CCCCCCCC(=O)OCC(O)CO.CCCCCCCCCCCCCC(=O)OC(C)C. The van der Waals surface area contributed by atoms with Gasteiger partial charge in [0.1, 0.15) is 12.7 Å². The summed E-state index contributed by atoms with van der Waals surface area (Å²) in [6.45, 7) is 7.83. The number of hydrogen-bond donors (Lipinski definition) is 2. The number of esters is 2. The predicted octanol–water partition coefficient (Wildman–Crippen LogP) is 10.6. The van der Waals surface area contributed by atoms with Crippen LogP contribution < -0.4 is 0 Å². The molecule has 1 unspecified atom stereocenters. The highest BCUT2D eigenvalue weighted by Gasteiger charge is 2.07. The molecule has 6 nitrogen and oxygen atoms in total. The zero-order chi connectivity index (χ0) is 32.9. The molecule has 0 aromatic carbocycles. The van der Waals surface area contributed by atoms with Gasteiger partial charge in [0, 0.05) is 12.8 Å². The third-order valence-corrected chi connectivity index (χ3v) is 7.64. The van der Waals surface area contributed by atoms with Crippen molar-refractivity contribution in [2.75, 3.05) is 13.2 Å². The summed E-state index contributed by atoms with van der Waals surface area (Å²) in [5, 5.41) is 17.7. The molecule has 0 aliphatic carbocycles. The number of carbonyl (C=O) groups excluding carboxylic acids is 2. The van der Waals surface area contributed by atoms with Crippen molar-refractivity contribution in [3.63, 3.8) is 0 Å². The van der Waals surface area contributed by atoms with Crippen LogP contribution in [0.5, 0.6) is 0 Å². The number of aliphatic hydroxyl groups excluding tert-OH is 2. The highest BCUT2D eigenvalue weighted by Crippen LogP contribution is 2.13. The lowest BCUT2D eigenvalue weighted by atomic mass is 10.1. The van der Waals surface area contributed by atoms with E-state index in [1.807, 2.05) is 13.8 Å². The van der Waals surface area contributed by atoms with Gasteiger partial charge in [0.25, 0.3) is 0 Å². The van der Waals surface area contributed by atoms with Gasteiger partial charge in [-0.25, -0.2) is 0 Å². The van der Waals surface area contributed by atoms with Gasteiger partial charge >= 0.3 is 11.9 Å². The molecule has 44 heavy (non-hydrogen) atoms. The van der Waals surface area contributed by atoms with Gasteiger partial charge in [-0.05, 0) is 52.4 Å². The molecule has 0 aliphatic rings. The first kappa shape index (κ1) is 44.7. The highest BCUT2D eigenvalue weighted by molar-refractivity contribution is 5.69. The van der Waals surface area contributed by atoms with Crippen molar-refractivity contribution in [1.29, 1.82) is 0 Å². The number of rotatable bonds is 31. The number of unbranched alkanes of at least 4 members (excludes halogenated alkanes) is 21. The third-order valence-electron chi connectivity index (χ3n) is 7.64. The molecule has 262 valence electrons. The van der Waals surface area contributed by atoms with E-state index in [-0.39, 0.29) is 31.3 Å². The van der Waals surface area contributed by atoms with Gasteiger partial charge in [-0.2, -0.15) is 0 Å². The van der Waals surface area contributed by atoms with Crippen molar-refractivity contribution in [1.82, 2.24) is 0 Å². The lowest BCUT2D eigenvalue weighted by molar-refractivity contribution is -0.148. The molecule has 0 bridgehead atoms. The Labute approximate surface area is 273 Å². The summed E-state index contributed by atoms with van der Waals surface area (Å²) >= 11 is 0. The van der Waals surface area contributed by atoms with Crippen molar-refractivity contribution < 1.29 is 29.3 Å². The fraction of sp³-hybridized carbons (Fsp3) is 0.895. The molecule has 0 spiro atoms. The van der Waals surface area contributed by atoms with Crippen molar-refractivity contribution in [3.05, 3.63) is 12.2 Å². The smallest absolute Gasteiger partial charge is 0.306 e. The number of ether oxygens (including phenoxy) is 2. The molecule has 0 rings (SSSR count). The van der Waals surface area contributed by atoms with Gasteiger partial charge in [-0.15, -0.1) is 0 Å². The fourth-order valence-corrected chi connectivity index (χ4v) is 4.91. The van der Waals surface area contributed by atoms with Crippen molar-refractivity contribution in [2.45, 2.75) is 207 Å². The summed E-state index contributed by atoms with van der Waals surface area (Å²) in [6.07, 6.45) is 35.2. The Bertz CT molecular complexity index is 618. The molecular weight excluding hydrogens is 552 g/mol. The van der Waals surface area contributed by atoms with E-state index in [2.05, 4.69) is 26.0 Å². The van der Waals surface area contributed by atoms with Crippen LogP contribution in [0.3, 0.4) is 0 Å². The molecular formula is C38H74O6. The van der Waals surface area contributed by atoms with Gasteiger partial charge < -0.3 is 19.7 Å². The number of carbonyl (C=O) groups is 2. The van der Waals surface area contributed by atoms with Crippen LogP contribution in [0, 0.1) is 0 Å². The molecule has 0 saturated heterocycles. The summed E-state index contributed by atoms with van der Waals surface area (Å²) in [7, 11) is 0. The van der Waals surface area contributed by atoms with Gasteiger partial charge in [0.05, 0.1) is 12.7 Å². The van der Waals surface area contributed by atoms with Gasteiger partial charge in [-0.3, -0.25) is 9.59 Å². The van der Waals surface area contributed by atoms with Crippen LogP contribution in [0.2, 0.25) is 0 Å². The molecule has 0 aliphatic heterocycles. The van der Waals surface area contributed by atoms with Crippen molar-refractivity contribution in [2.24, 2.45) is 0 Å². The van der Waals surface area contributed by atoms with Crippen LogP contribution in [0.15, 0.2) is 12.2 Å². The average molecular weight is 627 g/mol. The Balaban J connectivity index is 0. The second kappa shape index (κ2) is 37.8.